The van der Waals surface area contributed by atoms with Crippen LogP contribution in [0.3, 0.4) is 0 Å². The maximum Gasteiger partial charge on any atom is 0.241 e. The maximum atomic E-state index is 11.4. The van der Waals surface area contributed by atoms with Gasteiger partial charge in [0.25, 0.3) is 0 Å². The Labute approximate surface area is 111 Å². The lowest BCUT2D eigenvalue weighted by molar-refractivity contribution is -0.113. The molecular weight excluding hydrogens is 274 g/mol. The Morgan fingerprint density at radius 3 is 2.78 bits per heavy atom. The van der Waals surface area contributed by atoms with Crippen LogP contribution in [0.4, 0.5) is 5.13 Å². The van der Waals surface area contributed by atoms with Crippen molar-refractivity contribution in [2.75, 3.05) is 23.9 Å². The van der Waals surface area contributed by atoms with Gasteiger partial charge in [-0.15, -0.1) is 11.3 Å². The zero-order valence-corrected chi connectivity index (χ0v) is 12.2. The number of anilines is 1. The monoisotopic (exact) mass is 291 g/mol. The van der Waals surface area contributed by atoms with Gasteiger partial charge in [-0.2, -0.15) is 0 Å². The number of hydrogen-bond donors (Lipinski definition) is 2. The van der Waals surface area contributed by atoms with Crippen LogP contribution < -0.4 is 10.6 Å². The normalized spacial score (nSPS) is 13.3. The van der Waals surface area contributed by atoms with E-state index < -0.39 is 21.5 Å². The molecule has 2 N–H and O–H groups in total. The number of carbonyl (C=O) groups excluding carboxylic acids is 1. The van der Waals surface area contributed by atoms with Crippen LogP contribution in [0.25, 0.3) is 0 Å². The van der Waals surface area contributed by atoms with Gasteiger partial charge < -0.3 is 10.6 Å². The summed E-state index contributed by atoms with van der Waals surface area (Å²) < 4.78 is 21.9. The summed E-state index contributed by atoms with van der Waals surface area (Å²) in [7, 11) is -3.31. The van der Waals surface area contributed by atoms with Crippen molar-refractivity contribution in [2.45, 2.75) is 19.9 Å². The van der Waals surface area contributed by atoms with E-state index in [1.165, 1.54) is 11.3 Å². The second-order valence-electron chi connectivity index (χ2n) is 3.98. The molecule has 0 bridgehead atoms. The Hall–Kier alpha value is -0.990. The predicted octanol–water partition coefficient (Wildman–Crippen LogP) is 0.797. The fourth-order valence-electron chi connectivity index (χ4n) is 1.35. The molecule has 1 rings (SSSR count). The molecule has 0 radical (unpaired) electrons. The highest BCUT2D eigenvalue weighted by Crippen LogP contribution is 2.20. The van der Waals surface area contributed by atoms with Gasteiger partial charge in [0.05, 0.1) is 5.69 Å². The summed E-state index contributed by atoms with van der Waals surface area (Å²) in [6.07, 6.45) is 1.02. The highest BCUT2D eigenvalue weighted by atomic mass is 32.2. The summed E-state index contributed by atoms with van der Waals surface area (Å²) in [6.45, 7) is 4.80. The molecule has 0 aromatic carbocycles. The summed E-state index contributed by atoms with van der Waals surface area (Å²) in [5.41, 5.74) is 0.830. The van der Waals surface area contributed by atoms with Gasteiger partial charge in [0, 0.05) is 17.7 Å². The van der Waals surface area contributed by atoms with Crippen molar-refractivity contribution in [3.05, 3.63) is 11.1 Å². The Balaban J connectivity index is 2.61. The fourth-order valence-corrected chi connectivity index (χ4v) is 2.72. The predicted molar refractivity (Wildman–Crippen MR) is 72.5 cm³/mol. The lowest BCUT2D eigenvalue weighted by Crippen LogP contribution is -2.22. The van der Waals surface area contributed by atoms with Crippen molar-refractivity contribution < 1.29 is 13.2 Å². The van der Waals surface area contributed by atoms with Crippen LogP contribution in [0.1, 0.15) is 25.6 Å². The Morgan fingerprint density at radius 1 is 1.56 bits per heavy atom. The van der Waals surface area contributed by atoms with Crippen LogP contribution in [-0.4, -0.2) is 37.9 Å². The fraction of sp³-hybridized carbons (Fsp3) is 0.600. The highest BCUT2D eigenvalue weighted by molar-refractivity contribution is 7.91. The molecule has 0 saturated heterocycles. The van der Waals surface area contributed by atoms with Crippen LogP contribution in [0.15, 0.2) is 5.38 Å². The number of amides is 1. The first-order chi connectivity index (χ1) is 8.31. The SMILES string of the molecule is CCNC(C)c1csc(NC(=O)CS(C)(=O)=O)n1. The molecule has 1 heterocycles. The third-order valence-corrected chi connectivity index (χ3v) is 3.68. The molecular formula is C10H17N3O3S2. The van der Waals surface area contributed by atoms with E-state index >= 15 is 0 Å². The van der Waals surface area contributed by atoms with Crippen LogP contribution >= 0.6 is 11.3 Å². The molecule has 0 aliphatic heterocycles. The van der Waals surface area contributed by atoms with Gasteiger partial charge in [0.2, 0.25) is 5.91 Å². The van der Waals surface area contributed by atoms with Gasteiger partial charge in [-0.05, 0) is 13.5 Å². The van der Waals surface area contributed by atoms with E-state index in [4.69, 9.17) is 0 Å². The van der Waals surface area contributed by atoms with Gasteiger partial charge in [-0.1, -0.05) is 6.92 Å². The molecule has 1 atom stereocenters. The summed E-state index contributed by atoms with van der Waals surface area (Å²) >= 11 is 1.28. The van der Waals surface area contributed by atoms with E-state index in [0.717, 1.165) is 18.5 Å². The van der Waals surface area contributed by atoms with Crippen LogP contribution in [0.2, 0.25) is 0 Å². The molecule has 8 heteroatoms. The molecule has 1 aromatic heterocycles. The van der Waals surface area contributed by atoms with Gasteiger partial charge in [-0.3, -0.25) is 4.79 Å². The van der Waals surface area contributed by atoms with Crippen LogP contribution in [0.5, 0.6) is 0 Å². The summed E-state index contributed by atoms with van der Waals surface area (Å²) in [5, 5.41) is 7.94. The number of hydrogen-bond acceptors (Lipinski definition) is 6. The lowest BCUT2D eigenvalue weighted by atomic mass is 10.3. The van der Waals surface area contributed by atoms with Gasteiger partial charge in [0.15, 0.2) is 15.0 Å². The average molecular weight is 291 g/mol. The molecule has 0 spiro atoms. The molecule has 18 heavy (non-hydrogen) atoms. The molecule has 0 aliphatic rings. The maximum absolute atomic E-state index is 11.4. The molecule has 102 valence electrons. The second-order valence-corrected chi connectivity index (χ2v) is 6.97. The van der Waals surface area contributed by atoms with E-state index in [-0.39, 0.29) is 6.04 Å². The first-order valence-electron chi connectivity index (χ1n) is 5.48. The van der Waals surface area contributed by atoms with Crippen molar-refractivity contribution in [3.8, 4) is 0 Å². The Kier molecular flexibility index (Phi) is 5.24. The number of sulfone groups is 1. The molecule has 0 fully saturated rings. The van der Waals surface area contributed by atoms with Crippen molar-refractivity contribution in [1.82, 2.24) is 10.3 Å². The van der Waals surface area contributed by atoms with Crippen molar-refractivity contribution in [2.24, 2.45) is 0 Å². The number of carbonyl (C=O) groups is 1. The third kappa shape index (κ3) is 5.11. The number of thiazole rings is 1. The molecule has 1 unspecified atom stereocenters. The second kappa shape index (κ2) is 6.26. The molecule has 0 saturated carbocycles. The standard InChI is InChI=1S/C10H17N3O3S2/c1-4-11-7(2)8-5-17-10(12-8)13-9(14)6-18(3,15)16/h5,7,11H,4,6H2,1-3H3,(H,12,13,14). The number of nitrogens with one attached hydrogen (secondary N) is 2. The molecule has 1 amide bonds. The minimum atomic E-state index is -3.31. The summed E-state index contributed by atoms with van der Waals surface area (Å²) in [4.78, 5) is 15.6. The van der Waals surface area contributed by atoms with E-state index in [1.54, 1.807) is 0 Å². The number of nitrogens with zero attached hydrogens (tertiary/aromatic N) is 1. The van der Waals surface area contributed by atoms with E-state index in [1.807, 2.05) is 19.2 Å². The van der Waals surface area contributed by atoms with E-state index in [2.05, 4.69) is 15.6 Å². The van der Waals surface area contributed by atoms with Crippen molar-refractivity contribution in [1.29, 1.82) is 0 Å². The quantitative estimate of drug-likeness (QED) is 0.809. The minimum Gasteiger partial charge on any atom is -0.309 e. The molecule has 6 nitrogen and oxygen atoms in total. The van der Waals surface area contributed by atoms with Gasteiger partial charge in [0.1, 0.15) is 5.75 Å². The van der Waals surface area contributed by atoms with Crippen molar-refractivity contribution >= 4 is 32.2 Å². The first kappa shape index (κ1) is 15.1. The minimum absolute atomic E-state index is 0.104. The highest BCUT2D eigenvalue weighted by Gasteiger charge is 2.14. The van der Waals surface area contributed by atoms with Crippen LogP contribution in [0, 0.1) is 0 Å². The molecule has 0 aliphatic carbocycles. The lowest BCUT2D eigenvalue weighted by Gasteiger charge is -2.08. The first-order valence-corrected chi connectivity index (χ1v) is 8.42. The number of rotatable bonds is 6. The molecule has 1 aromatic rings. The van der Waals surface area contributed by atoms with E-state index in [0.29, 0.717) is 5.13 Å². The Bertz CT molecular complexity index is 510. The summed E-state index contributed by atoms with van der Waals surface area (Å²) in [5.74, 6) is -1.08. The zero-order chi connectivity index (χ0) is 13.8. The number of aromatic nitrogens is 1. The van der Waals surface area contributed by atoms with E-state index in [9.17, 15) is 13.2 Å². The third-order valence-electron chi connectivity index (χ3n) is 2.12. The van der Waals surface area contributed by atoms with Crippen LogP contribution in [-0.2, 0) is 14.6 Å². The average Bonchev–Trinajstić information content (AvgIpc) is 2.63. The Morgan fingerprint density at radius 2 is 2.22 bits per heavy atom. The van der Waals surface area contributed by atoms with Gasteiger partial charge in [-0.25, -0.2) is 13.4 Å². The smallest absolute Gasteiger partial charge is 0.241 e. The topological polar surface area (TPSA) is 88.2 Å². The van der Waals surface area contributed by atoms with Gasteiger partial charge >= 0.3 is 0 Å². The summed E-state index contributed by atoms with van der Waals surface area (Å²) in [6, 6.07) is 0.104. The zero-order valence-electron chi connectivity index (χ0n) is 10.6. The largest absolute Gasteiger partial charge is 0.309 e. The van der Waals surface area contributed by atoms with Crippen molar-refractivity contribution in [3.63, 3.8) is 0 Å².